The zero-order valence-corrected chi connectivity index (χ0v) is 18.0. The molecule has 0 N–H and O–H groups in total. The zero-order valence-electron chi connectivity index (χ0n) is 18.0. The molecule has 3 aromatic rings. The first-order valence-corrected chi connectivity index (χ1v) is 10.5. The SMILES string of the molecule is CCOC(=O)OC1CCN(c2nc(Oc3ccc(-n4ccnc4)cc3)ccc2[N+](=O)[O-])CC1. The Kier molecular flexibility index (Phi) is 6.67. The molecule has 1 aliphatic rings. The van der Waals surface area contributed by atoms with Crippen LogP contribution in [0.25, 0.3) is 5.69 Å². The lowest BCUT2D eigenvalue weighted by Gasteiger charge is -2.31. The maximum Gasteiger partial charge on any atom is 0.508 e. The van der Waals surface area contributed by atoms with Crippen molar-refractivity contribution in [3.05, 3.63) is 65.2 Å². The van der Waals surface area contributed by atoms with Gasteiger partial charge in [-0.3, -0.25) is 10.1 Å². The molecule has 0 amide bonds. The number of nitrogens with zero attached hydrogens (tertiary/aromatic N) is 5. The molecule has 1 saturated heterocycles. The summed E-state index contributed by atoms with van der Waals surface area (Å²) in [6, 6.07) is 10.2. The first-order valence-electron chi connectivity index (χ1n) is 10.5. The third-order valence-corrected chi connectivity index (χ3v) is 5.15. The van der Waals surface area contributed by atoms with Crippen molar-refractivity contribution in [2.45, 2.75) is 25.9 Å². The Balaban J connectivity index is 1.46. The second kappa shape index (κ2) is 9.98. The van der Waals surface area contributed by atoms with Crippen molar-refractivity contribution in [1.82, 2.24) is 14.5 Å². The summed E-state index contributed by atoms with van der Waals surface area (Å²) in [6.45, 7) is 2.84. The van der Waals surface area contributed by atoms with Crippen LogP contribution in [-0.2, 0) is 9.47 Å². The number of imidazole rings is 1. The molecule has 0 unspecified atom stereocenters. The van der Waals surface area contributed by atoms with Crippen molar-refractivity contribution >= 4 is 17.7 Å². The fourth-order valence-electron chi connectivity index (χ4n) is 3.55. The van der Waals surface area contributed by atoms with E-state index in [0.29, 0.717) is 31.7 Å². The molecular formula is C22H23N5O6. The van der Waals surface area contributed by atoms with Gasteiger partial charge in [0.1, 0.15) is 11.9 Å². The normalized spacial score (nSPS) is 14.0. The molecule has 1 aliphatic heterocycles. The van der Waals surface area contributed by atoms with Crippen LogP contribution in [0.2, 0.25) is 0 Å². The summed E-state index contributed by atoms with van der Waals surface area (Å²) in [6.07, 6.45) is 5.25. The van der Waals surface area contributed by atoms with Crippen molar-refractivity contribution in [3.63, 3.8) is 0 Å². The van der Waals surface area contributed by atoms with Crippen molar-refractivity contribution < 1.29 is 23.9 Å². The summed E-state index contributed by atoms with van der Waals surface area (Å²) in [7, 11) is 0. The standard InChI is InChI=1S/C22H23N5O6/c1-2-31-22(28)33-18-9-12-25(13-10-18)21-19(27(29)30)7-8-20(24-21)32-17-5-3-16(4-6-17)26-14-11-23-15-26/h3-8,11,14-15,18H,2,9-10,12-13H2,1H3. The van der Waals surface area contributed by atoms with Gasteiger partial charge in [-0.1, -0.05) is 0 Å². The Bertz CT molecular complexity index is 1090. The van der Waals surface area contributed by atoms with Crippen LogP contribution in [0.5, 0.6) is 11.6 Å². The number of nitro groups is 1. The third-order valence-electron chi connectivity index (χ3n) is 5.15. The molecule has 0 spiro atoms. The number of hydrogen-bond acceptors (Lipinski definition) is 9. The van der Waals surface area contributed by atoms with Gasteiger partial charge in [0.2, 0.25) is 11.7 Å². The van der Waals surface area contributed by atoms with E-state index in [9.17, 15) is 14.9 Å². The van der Waals surface area contributed by atoms with Crippen LogP contribution < -0.4 is 9.64 Å². The fourth-order valence-corrected chi connectivity index (χ4v) is 3.55. The molecule has 33 heavy (non-hydrogen) atoms. The molecular weight excluding hydrogens is 430 g/mol. The summed E-state index contributed by atoms with van der Waals surface area (Å²) in [5, 5.41) is 11.6. The van der Waals surface area contributed by atoms with Gasteiger partial charge in [-0.25, -0.2) is 9.78 Å². The van der Waals surface area contributed by atoms with E-state index in [1.54, 1.807) is 36.5 Å². The molecule has 11 nitrogen and oxygen atoms in total. The summed E-state index contributed by atoms with van der Waals surface area (Å²) in [5.74, 6) is 1.02. The summed E-state index contributed by atoms with van der Waals surface area (Å²) < 4.78 is 17.8. The van der Waals surface area contributed by atoms with E-state index in [1.807, 2.05) is 22.9 Å². The average molecular weight is 453 g/mol. The quantitative estimate of drug-likeness (QED) is 0.295. The first kappa shape index (κ1) is 22.1. The van der Waals surface area contributed by atoms with Crippen molar-refractivity contribution in [3.8, 4) is 17.3 Å². The lowest BCUT2D eigenvalue weighted by atomic mass is 10.1. The maximum atomic E-state index is 11.6. The molecule has 0 aliphatic carbocycles. The maximum absolute atomic E-state index is 11.6. The second-order valence-electron chi connectivity index (χ2n) is 7.30. The van der Waals surface area contributed by atoms with Crippen LogP contribution in [-0.4, -0.2) is 51.4 Å². The van der Waals surface area contributed by atoms with E-state index in [-0.39, 0.29) is 30.1 Å². The summed E-state index contributed by atoms with van der Waals surface area (Å²) >= 11 is 0. The van der Waals surface area contributed by atoms with Crippen molar-refractivity contribution in [2.24, 2.45) is 0 Å². The van der Waals surface area contributed by atoms with Crippen LogP contribution in [0, 0.1) is 10.1 Å². The van der Waals surface area contributed by atoms with Gasteiger partial charge >= 0.3 is 11.8 Å². The number of hydrogen-bond donors (Lipinski definition) is 0. The number of pyridine rings is 1. The van der Waals surface area contributed by atoms with E-state index in [1.165, 1.54) is 12.1 Å². The summed E-state index contributed by atoms with van der Waals surface area (Å²) in [5.41, 5.74) is 0.813. The molecule has 4 rings (SSSR count). The van der Waals surface area contributed by atoms with Gasteiger partial charge in [0.25, 0.3) is 0 Å². The highest BCUT2D eigenvalue weighted by molar-refractivity contribution is 5.61. The Morgan fingerprint density at radius 2 is 1.94 bits per heavy atom. The smallest absolute Gasteiger partial charge is 0.439 e. The minimum absolute atomic E-state index is 0.109. The number of carbonyl (C=O) groups excluding carboxylic acids is 1. The first-order chi connectivity index (χ1) is 16.0. The number of benzene rings is 1. The van der Waals surface area contributed by atoms with E-state index in [0.717, 1.165) is 5.69 Å². The predicted molar refractivity (Wildman–Crippen MR) is 118 cm³/mol. The van der Waals surface area contributed by atoms with Gasteiger partial charge in [-0.2, -0.15) is 4.98 Å². The number of ether oxygens (including phenoxy) is 3. The number of anilines is 1. The van der Waals surface area contributed by atoms with E-state index < -0.39 is 11.1 Å². The molecule has 0 atom stereocenters. The molecule has 1 aromatic carbocycles. The highest BCUT2D eigenvalue weighted by Gasteiger charge is 2.28. The number of piperidine rings is 1. The topological polar surface area (TPSA) is 122 Å². The number of aromatic nitrogens is 3. The predicted octanol–water partition coefficient (Wildman–Crippen LogP) is 4.11. The van der Waals surface area contributed by atoms with Crippen LogP contribution >= 0.6 is 0 Å². The van der Waals surface area contributed by atoms with Crippen LogP contribution in [0.15, 0.2) is 55.1 Å². The summed E-state index contributed by atoms with van der Waals surface area (Å²) in [4.78, 5) is 32.9. The Hall–Kier alpha value is -4.15. The Morgan fingerprint density at radius 3 is 2.58 bits per heavy atom. The average Bonchev–Trinajstić information content (AvgIpc) is 3.35. The zero-order chi connectivity index (χ0) is 23.2. The molecule has 0 bridgehead atoms. The van der Waals surface area contributed by atoms with E-state index >= 15 is 0 Å². The Morgan fingerprint density at radius 1 is 1.18 bits per heavy atom. The van der Waals surface area contributed by atoms with E-state index in [4.69, 9.17) is 14.2 Å². The number of rotatable bonds is 7. The minimum atomic E-state index is -0.700. The van der Waals surface area contributed by atoms with Crippen LogP contribution in [0.4, 0.5) is 16.3 Å². The van der Waals surface area contributed by atoms with Crippen LogP contribution in [0.1, 0.15) is 19.8 Å². The highest BCUT2D eigenvalue weighted by Crippen LogP contribution is 2.32. The van der Waals surface area contributed by atoms with Gasteiger partial charge in [-0.15, -0.1) is 0 Å². The highest BCUT2D eigenvalue weighted by atomic mass is 16.7. The molecule has 172 valence electrons. The fraction of sp³-hybridized carbons (Fsp3) is 0.318. The molecule has 11 heteroatoms. The van der Waals surface area contributed by atoms with Gasteiger partial charge in [0, 0.05) is 56.1 Å². The van der Waals surface area contributed by atoms with Gasteiger partial charge in [0.15, 0.2) is 0 Å². The monoisotopic (exact) mass is 453 g/mol. The van der Waals surface area contributed by atoms with Gasteiger partial charge < -0.3 is 23.7 Å². The number of carbonyl (C=O) groups is 1. The van der Waals surface area contributed by atoms with E-state index in [2.05, 4.69) is 9.97 Å². The van der Waals surface area contributed by atoms with Gasteiger partial charge in [0.05, 0.1) is 17.9 Å². The molecule has 1 fully saturated rings. The third kappa shape index (κ3) is 5.37. The van der Waals surface area contributed by atoms with Crippen molar-refractivity contribution in [2.75, 3.05) is 24.6 Å². The molecule has 3 heterocycles. The van der Waals surface area contributed by atoms with Crippen LogP contribution in [0.3, 0.4) is 0 Å². The largest absolute Gasteiger partial charge is 0.508 e. The van der Waals surface area contributed by atoms with Gasteiger partial charge in [-0.05, 0) is 31.2 Å². The minimum Gasteiger partial charge on any atom is -0.439 e. The lowest BCUT2D eigenvalue weighted by molar-refractivity contribution is -0.384. The second-order valence-corrected chi connectivity index (χ2v) is 7.30. The van der Waals surface area contributed by atoms with Crippen molar-refractivity contribution in [1.29, 1.82) is 0 Å². The molecule has 2 aromatic heterocycles. The lowest BCUT2D eigenvalue weighted by Crippen LogP contribution is -2.38. The Labute approximate surface area is 189 Å². The molecule has 0 saturated carbocycles. The molecule has 0 radical (unpaired) electrons.